The number of benzene rings is 1. The lowest BCUT2D eigenvalue weighted by Crippen LogP contribution is -2.34. The van der Waals surface area contributed by atoms with Crippen molar-refractivity contribution in [2.75, 3.05) is 11.9 Å². The number of hydrogen-bond acceptors (Lipinski definition) is 5. The van der Waals surface area contributed by atoms with E-state index < -0.39 is 0 Å². The van der Waals surface area contributed by atoms with Crippen molar-refractivity contribution in [2.24, 2.45) is 0 Å². The molecule has 0 spiro atoms. The van der Waals surface area contributed by atoms with Crippen molar-refractivity contribution in [1.29, 1.82) is 0 Å². The zero-order valence-electron chi connectivity index (χ0n) is 14.4. The molecule has 1 fully saturated rings. The van der Waals surface area contributed by atoms with E-state index in [9.17, 15) is 9.90 Å². The fourth-order valence-corrected chi connectivity index (χ4v) is 3.12. The molecule has 1 aromatic carbocycles. The average Bonchev–Trinajstić information content (AvgIpc) is 2.63. The third-order valence-electron chi connectivity index (χ3n) is 4.65. The van der Waals surface area contributed by atoms with Crippen molar-refractivity contribution in [3.8, 4) is 0 Å². The molecule has 2 aromatic rings. The molecule has 0 radical (unpaired) electrons. The van der Waals surface area contributed by atoms with Crippen LogP contribution in [0.25, 0.3) is 10.9 Å². The highest BCUT2D eigenvalue weighted by molar-refractivity contribution is 5.98. The van der Waals surface area contributed by atoms with E-state index in [2.05, 4.69) is 15.6 Å². The van der Waals surface area contributed by atoms with Crippen molar-refractivity contribution in [3.63, 3.8) is 0 Å². The topological polar surface area (TPSA) is 94.5 Å². The lowest BCUT2D eigenvalue weighted by molar-refractivity contribution is 0.0922. The molecule has 6 heteroatoms. The Morgan fingerprint density at radius 1 is 1.24 bits per heavy atom. The molecule has 6 nitrogen and oxygen atoms in total. The van der Waals surface area contributed by atoms with E-state index in [0.717, 1.165) is 42.4 Å². The number of fused-ring (bicyclic) bond motifs is 1. The summed E-state index contributed by atoms with van der Waals surface area (Å²) >= 11 is 0. The van der Waals surface area contributed by atoms with Gasteiger partial charge in [-0.3, -0.25) is 4.79 Å². The van der Waals surface area contributed by atoms with Crippen LogP contribution >= 0.6 is 0 Å². The molecule has 25 heavy (non-hydrogen) atoms. The Morgan fingerprint density at radius 2 is 1.96 bits per heavy atom. The van der Waals surface area contributed by atoms with E-state index in [1.807, 2.05) is 18.2 Å². The Labute approximate surface area is 147 Å². The van der Waals surface area contributed by atoms with E-state index in [0.29, 0.717) is 11.6 Å². The largest absolute Gasteiger partial charge is 0.394 e. The zero-order chi connectivity index (χ0) is 17.8. The van der Waals surface area contributed by atoms with Crippen molar-refractivity contribution in [3.05, 3.63) is 35.9 Å². The van der Waals surface area contributed by atoms with Gasteiger partial charge in [0.2, 0.25) is 0 Å². The molecule has 0 unspecified atom stereocenters. The van der Waals surface area contributed by atoms with Crippen LogP contribution in [-0.4, -0.2) is 45.9 Å². The molecule has 1 amide bonds. The molecule has 134 valence electrons. The first kappa shape index (κ1) is 17.6. The smallest absolute Gasteiger partial charge is 0.251 e. The van der Waals surface area contributed by atoms with E-state index in [1.165, 1.54) is 0 Å². The predicted octanol–water partition coefficient (Wildman–Crippen LogP) is 2.06. The van der Waals surface area contributed by atoms with Crippen LogP contribution in [0.4, 0.5) is 5.82 Å². The normalized spacial score (nSPS) is 21.7. The van der Waals surface area contributed by atoms with Crippen LogP contribution < -0.4 is 10.6 Å². The van der Waals surface area contributed by atoms with Gasteiger partial charge in [-0.2, -0.15) is 0 Å². The highest BCUT2D eigenvalue weighted by atomic mass is 16.3. The van der Waals surface area contributed by atoms with Crippen LogP contribution in [0.5, 0.6) is 0 Å². The summed E-state index contributed by atoms with van der Waals surface area (Å²) in [5.41, 5.74) is 1.28. The van der Waals surface area contributed by atoms with E-state index in [4.69, 9.17) is 5.11 Å². The van der Waals surface area contributed by atoms with Crippen LogP contribution in [0.2, 0.25) is 0 Å². The number of aromatic nitrogens is 1. The summed E-state index contributed by atoms with van der Waals surface area (Å²) in [6.07, 6.45) is 3.33. The molecular formula is C19H25N3O3. The second-order valence-corrected chi connectivity index (χ2v) is 6.81. The van der Waals surface area contributed by atoms with Crippen molar-refractivity contribution in [2.45, 2.75) is 50.8 Å². The highest BCUT2D eigenvalue weighted by Crippen LogP contribution is 2.23. The number of nitrogens with one attached hydrogen (secondary N) is 2. The van der Waals surface area contributed by atoms with Crippen LogP contribution in [0.3, 0.4) is 0 Å². The van der Waals surface area contributed by atoms with Gasteiger partial charge in [-0.05, 0) is 56.9 Å². The maximum atomic E-state index is 12.2. The van der Waals surface area contributed by atoms with E-state index >= 15 is 0 Å². The average molecular weight is 343 g/mol. The number of aliphatic hydroxyl groups excluding tert-OH is 2. The summed E-state index contributed by atoms with van der Waals surface area (Å²) < 4.78 is 0. The number of amides is 1. The van der Waals surface area contributed by atoms with Crippen LogP contribution in [0.15, 0.2) is 30.3 Å². The Kier molecular flexibility index (Phi) is 5.50. The number of aliphatic hydroxyl groups is 2. The Balaban J connectivity index is 1.75. The van der Waals surface area contributed by atoms with Crippen LogP contribution in [0.1, 0.15) is 43.0 Å². The van der Waals surface area contributed by atoms with E-state index in [1.54, 1.807) is 19.1 Å². The molecule has 1 atom stereocenters. The van der Waals surface area contributed by atoms with Gasteiger partial charge >= 0.3 is 0 Å². The first-order chi connectivity index (χ1) is 12.0. The highest BCUT2D eigenvalue weighted by Gasteiger charge is 2.19. The summed E-state index contributed by atoms with van der Waals surface area (Å²) in [5, 5.41) is 25.8. The molecule has 3 rings (SSSR count). The van der Waals surface area contributed by atoms with Gasteiger partial charge in [-0.15, -0.1) is 0 Å². The first-order valence-electron chi connectivity index (χ1n) is 8.82. The minimum atomic E-state index is -0.286. The number of nitrogens with zero attached hydrogens (tertiary/aromatic N) is 1. The molecule has 4 N–H and O–H groups in total. The van der Waals surface area contributed by atoms with Gasteiger partial charge in [0.05, 0.1) is 18.2 Å². The van der Waals surface area contributed by atoms with Gasteiger partial charge in [0.15, 0.2) is 0 Å². The summed E-state index contributed by atoms with van der Waals surface area (Å²) in [6, 6.07) is 9.38. The molecule has 0 aliphatic heterocycles. The third-order valence-corrected chi connectivity index (χ3v) is 4.65. The number of carbonyl (C=O) groups excluding carboxylic acids is 1. The number of pyridine rings is 1. The van der Waals surface area contributed by atoms with Gasteiger partial charge in [0, 0.05) is 23.0 Å². The third kappa shape index (κ3) is 4.46. The second kappa shape index (κ2) is 7.80. The molecular weight excluding hydrogens is 318 g/mol. The monoisotopic (exact) mass is 343 g/mol. The second-order valence-electron chi connectivity index (χ2n) is 6.81. The molecule has 0 bridgehead atoms. The van der Waals surface area contributed by atoms with Gasteiger partial charge in [0.1, 0.15) is 5.82 Å². The van der Waals surface area contributed by atoms with Crippen molar-refractivity contribution in [1.82, 2.24) is 10.3 Å². The Morgan fingerprint density at radius 3 is 2.68 bits per heavy atom. The molecule has 1 heterocycles. The standard InChI is InChI=1S/C19H25N3O3/c1-12(11-23)20-19(25)14-3-2-13-4-9-18(22-17(13)10-14)21-15-5-7-16(24)8-6-15/h2-4,9-10,12,15-16,23-24H,5-8,11H2,1H3,(H,20,25)(H,21,22)/t12-,15-,16-/m1/s1. The van der Waals surface area contributed by atoms with E-state index in [-0.39, 0.29) is 24.7 Å². The van der Waals surface area contributed by atoms with Crippen molar-refractivity contribution < 1.29 is 15.0 Å². The van der Waals surface area contributed by atoms with Crippen LogP contribution in [-0.2, 0) is 0 Å². The molecule has 0 saturated heterocycles. The number of hydrogen-bond donors (Lipinski definition) is 4. The van der Waals surface area contributed by atoms with Gasteiger partial charge in [0.25, 0.3) is 5.91 Å². The fraction of sp³-hybridized carbons (Fsp3) is 0.474. The summed E-state index contributed by atoms with van der Waals surface area (Å²) in [6.45, 7) is 1.65. The molecule has 1 aliphatic carbocycles. The van der Waals surface area contributed by atoms with Gasteiger partial charge in [-0.25, -0.2) is 4.98 Å². The molecule has 1 aromatic heterocycles. The van der Waals surface area contributed by atoms with Gasteiger partial charge < -0.3 is 20.8 Å². The summed E-state index contributed by atoms with van der Waals surface area (Å²) in [5.74, 6) is 0.569. The maximum Gasteiger partial charge on any atom is 0.251 e. The zero-order valence-corrected chi connectivity index (χ0v) is 14.4. The number of carbonyl (C=O) groups is 1. The molecule has 1 saturated carbocycles. The summed E-state index contributed by atoms with van der Waals surface area (Å²) in [7, 11) is 0. The minimum absolute atomic E-state index is 0.0955. The first-order valence-corrected chi connectivity index (χ1v) is 8.82. The number of rotatable bonds is 5. The van der Waals surface area contributed by atoms with Crippen LogP contribution in [0, 0.1) is 0 Å². The van der Waals surface area contributed by atoms with Gasteiger partial charge in [-0.1, -0.05) is 6.07 Å². The fourth-order valence-electron chi connectivity index (χ4n) is 3.12. The summed E-state index contributed by atoms with van der Waals surface area (Å²) in [4.78, 5) is 16.8. The molecule has 1 aliphatic rings. The number of anilines is 1. The predicted molar refractivity (Wildman–Crippen MR) is 97.6 cm³/mol. The minimum Gasteiger partial charge on any atom is -0.394 e. The lowest BCUT2D eigenvalue weighted by Gasteiger charge is -2.26. The SMILES string of the molecule is C[C@H](CO)NC(=O)c1ccc2ccc(N[C@H]3CC[C@H](O)CC3)nc2c1. The Hall–Kier alpha value is -2.18. The lowest BCUT2D eigenvalue weighted by atomic mass is 9.93. The quantitative estimate of drug-likeness (QED) is 0.667. The maximum absolute atomic E-state index is 12.2. The van der Waals surface area contributed by atoms with Crippen molar-refractivity contribution >= 4 is 22.6 Å². The Bertz CT molecular complexity index is 742.